The fourth-order valence-electron chi connectivity index (χ4n) is 13.6. The number of aromatic nitrogens is 1. The maximum absolute atomic E-state index is 15.0. The molecule has 0 saturated heterocycles. The molecule has 0 fully saturated rings. The Labute approximate surface area is 763 Å². The highest BCUT2D eigenvalue weighted by Gasteiger charge is 2.38. The smallest absolute Gasteiger partial charge is 0.326 e. The van der Waals surface area contributed by atoms with Crippen molar-refractivity contribution in [2.75, 3.05) is 64.5 Å². The van der Waals surface area contributed by atoms with Crippen LogP contribution in [0.15, 0.2) is 59.7 Å². The van der Waals surface area contributed by atoms with Gasteiger partial charge >= 0.3 is 5.97 Å². The normalized spacial score (nSPS) is 14.6. The number of rotatable bonds is 64. The number of fused-ring (bicyclic) bond motifs is 1. The van der Waals surface area contributed by atoms with E-state index >= 15 is 4.79 Å². The van der Waals surface area contributed by atoms with Crippen molar-refractivity contribution in [1.82, 2.24) is 84.7 Å². The third-order valence-corrected chi connectivity index (χ3v) is 21.3. The number of phenolic OH excluding ortho intramolecular Hbond substituents is 1. The van der Waals surface area contributed by atoms with Crippen molar-refractivity contribution in [3.63, 3.8) is 0 Å². The second-order valence-corrected chi connectivity index (χ2v) is 34.8. The van der Waals surface area contributed by atoms with Gasteiger partial charge in [0.05, 0.1) is 32.3 Å². The molecule has 2 aromatic carbocycles. The topological polar surface area (TPSA) is 719 Å². The average molecular weight is 1850 g/mol. The number of carboxylic acids is 1. The first-order valence-electron chi connectivity index (χ1n) is 44.2. The van der Waals surface area contributed by atoms with E-state index in [0.717, 1.165) is 0 Å². The SMILES string of the molecule is CSCCC(NC(=O)C(Cc1c[nH]c2ccccc12)NC(=O)C(CCCN=C(N)N)NC(=O)CNC(=O)C(CCCCN)NC(=O)CNC(=O)C(CC(C)C)NC(=O)C(CO)NC(=O)C(Cc1ccc(O)cc1)NC(=O)C(CC(C)C)NC(=O)C(N)CCCCN)C(=O)NC(CC(C)C)C(=O)NC(CO)C(=O)NC(CC(C)C)C(=O)NC(C)C(=O)NC(CCCCN)C(=O)O. The molecule has 32 N–H and O–H groups in total. The minimum absolute atomic E-state index is 0.0112. The molecule has 0 aliphatic carbocycles. The van der Waals surface area contributed by atoms with Crippen LogP contribution in [0, 0.1) is 23.7 Å². The number of carbonyl (C=O) groups excluding carboxylic acids is 15. The number of hydrogen-bond donors (Lipinski definition) is 26. The largest absolute Gasteiger partial charge is 0.508 e. The quantitative estimate of drug-likeness (QED) is 0.0145. The number of nitrogens with two attached hydrogens (primary N) is 6. The number of guanidine groups is 1. The first kappa shape index (κ1) is 113. The van der Waals surface area contributed by atoms with Gasteiger partial charge in [0.1, 0.15) is 84.3 Å². The van der Waals surface area contributed by atoms with Crippen molar-refractivity contribution in [3.8, 4) is 5.75 Å². The van der Waals surface area contributed by atoms with Crippen molar-refractivity contribution in [3.05, 3.63) is 65.9 Å². The second-order valence-electron chi connectivity index (χ2n) is 33.9. The summed E-state index contributed by atoms with van der Waals surface area (Å²) in [5.41, 5.74) is 36.0. The Hall–Kier alpha value is -11.3. The lowest BCUT2D eigenvalue weighted by Gasteiger charge is -2.28. The Morgan fingerprint density at radius 2 is 0.762 bits per heavy atom. The molecule has 3 rings (SSSR count). The van der Waals surface area contributed by atoms with Gasteiger partial charge in [0.25, 0.3) is 0 Å². The lowest BCUT2D eigenvalue weighted by atomic mass is 10.00. The number of aromatic amines is 1. The van der Waals surface area contributed by atoms with Gasteiger partial charge in [0, 0.05) is 36.5 Å². The highest BCUT2D eigenvalue weighted by atomic mass is 32.2. The van der Waals surface area contributed by atoms with Gasteiger partial charge in [-0.3, -0.25) is 76.9 Å². The minimum atomic E-state index is -1.73. The van der Waals surface area contributed by atoms with Crippen LogP contribution >= 0.6 is 11.8 Å². The first-order valence-corrected chi connectivity index (χ1v) is 45.6. The number of benzene rings is 2. The summed E-state index contributed by atoms with van der Waals surface area (Å²) in [7, 11) is 0. The fraction of sp³-hybridized carbons (Fsp3) is 0.640. The lowest BCUT2D eigenvalue weighted by Crippen LogP contribution is -2.61. The first-order chi connectivity index (χ1) is 61.6. The summed E-state index contributed by atoms with van der Waals surface area (Å²) in [5.74, 6) is -15.6. The molecular weight excluding hydrogens is 1710 g/mol. The average Bonchev–Trinajstić information content (AvgIpc) is 1.66. The van der Waals surface area contributed by atoms with Gasteiger partial charge in [-0.2, -0.15) is 11.8 Å². The van der Waals surface area contributed by atoms with Gasteiger partial charge in [-0.15, -0.1) is 0 Å². The van der Waals surface area contributed by atoms with Crippen molar-refractivity contribution >= 4 is 123 Å². The number of aromatic hydroxyl groups is 1. The van der Waals surface area contributed by atoms with Gasteiger partial charge < -0.3 is 140 Å². The van der Waals surface area contributed by atoms with Crippen LogP contribution in [0.25, 0.3) is 10.9 Å². The highest BCUT2D eigenvalue weighted by molar-refractivity contribution is 7.98. The summed E-state index contributed by atoms with van der Waals surface area (Å²) in [6.45, 7) is 12.7. The molecule has 0 radical (unpaired) electrons. The predicted molar refractivity (Wildman–Crippen MR) is 490 cm³/mol. The number of aliphatic hydroxyl groups is 2. The number of aliphatic imine (C=N–C) groups is 1. The van der Waals surface area contributed by atoms with Crippen molar-refractivity contribution in [2.45, 2.75) is 262 Å². The molecular formula is C86H143N23O20S. The van der Waals surface area contributed by atoms with Crippen molar-refractivity contribution < 1.29 is 97.1 Å². The summed E-state index contributed by atoms with van der Waals surface area (Å²) in [6.07, 6.45) is 5.95. The number of unbranched alkanes of at least 4 members (excludes halogenated alkanes) is 3. The standard InChI is InChI=1S/C86H143N23O20S/c1-47(2)36-62(103-83(126)68(45-110)109-81(124)66(40-52-26-28-54(112)29-27-52)106-79(122)64(38-49(5)6)102-73(116)56(90)21-13-16-31-87)75(118)96-44-70(113)98-58(23-14-17-32-88)74(117)95-43-71(114)99-59(25-19-34-93-86(91)92)76(119)107-67(41-53-42-94-57-22-12-11-20-55(53)57)82(125)100-60(30-35-130-10)77(120)104-65(39-50(7)8)80(123)108-69(46-111)84(127)105-63(37-48(3)4)78(121)97-51(9)72(115)101-61(85(128)129)24-15-18-33-89/h11-12,20,22,26-29,42,47-51,56,58-69,94,110-112H,13-19,21,23-25,30-41,43-46,87-90H2,1-10H3,(H,95,117)(H,96,118)(H,97,121)(H,98,113)(H,99,114)(H,100,125)(H,101,115)(H,102,116)(H,103,126)(H,104,120)(H,105,127)(H,106,122)(H,107,119)(H,108,123)(H,109,124)(H,128,129)(H4,91,92,93). The molecule has 0 spiro atoms. The van der Waals surface area contributed by atoms with E-state index in [1.807, 2.05) is 13.8 Å². The number of nitrogens with one attached hydrogen (secondary N) is 16. The predicted octanol–water partition coefficient (Wildman–Crippen LogP) is -4.01. The third-order valence-electron chi connectivity index (χ3n) is 20.6. The molecule has 130 heavy (non-hydrogen) atoms. The van der Waals surface area contributed by atoms with Gasteiger partial charge in [-0.1, -0.05) is 92.1 Å². The Morgan fingerprint density at radius 1 is 0.400 bits per heavy atom. The van der Waals surface area contributed by atoms with Crippen LogP contribution in [0.3, 0.4) is 0 Å². The molecule has 0 aliphatic rings. The monoisotopic (exact) mass is 1850 g/mol. The van der Waals surface area contributed by atoms with Crippen LogP contribution in [0.4, 0.5) is 0 Å². The van der Waals surface area contributed by atoms with Crippen LogP contribution in [0.5, 0.6) is 5.75 Å². The number of aliphatic hydroxyl groups excluding tert-OH is 2. The second kappa shape index (κ2) is 60.5. The molecule has 0 bridgehead atoms. The maximum Gasteiger partial charge on any atom is 0.326 e. The summed E-state index contributed by atoms with van der Waals surface area (Å²) >= 11 is 1.32. The number of hydrogen-bond acceptors (Lipinski definition) is 25. The zero-order valence-electron chi connectivity index (χ0n) is 76.3. The Kier molecular flexibility index (Phi) is 52.6. The number of carboxylic acid groups (broad SMARTS) is 1. The molecule has 3 aromatic rings. The number of phenols is 1. The number of amides is 15. The van der Waals surface area contributed by atoms with Gasteiger partial charge in [-0.25, -0.2) is 4.79 Å². The van der Waals surface area contributed by atoms with E-state index in [0.29, 0.717) is 73.6 Å². The van der Waals surface area contributed by atoms with Gasteiger partial charge in [-0.05, 0) is 188 Å². The summed E-state index contributed by atoms with van der Waals surface area (Å²) in [6, 6.07) is -6.72. The van der Waals surface area contributed by atoms with E-state index in [4.69, 9.17) is 34.4 Å². The molecule has 1 aromatic heterocycles. The number of H-pyrrole nitrogens is 1. The molecule has 0 aliphatic heterocycles. The van der Waals surface area contributed by atoms with E-state index in [1.165, 1.54) is 43.0 Å². The third kappa shape index (κ3) is 42.9. The molecule has 728 valence electrons. The van der Waals surface area contributed by atoms with Crippen LogP contribution in [0.1, 0.15) is 176 Å². The van der Waals surface area contributed by atoms with E-state index in [2.05, 4.69) is 89.7 Å². The van der Waals surface area contributed by atoms with Crippen LogP contribution in [0.2, 0.25) is 0 Å². The number of carbonyl (C=O) groups is 16. The zero-order valence-corrected chi connectivity index (χ0v) is 77.1. The number of aliphatic carboxylic acids is 1. The van der Waals surface area contributed by atoms with Crippen LogP contribution < -0.4 is 114 Å². The van der Waals surface area contributed by atoms with Gasteiger partial charge in [0.2, 0.25) is 88.6 Å². The molecule has 0 saturated carbocycles. The Morgan fingerprint density at radius 3 is 1.22 bits per heavy atom. The van der Waals surface area contributed by atoms with Crippen molar-refractivity contribution in [2.24, 2.45) is 63.1 Å². The Bertz CT molecular complexity index is 4170. The maximum atomic E-state index is 15.0. The fourth-order valence-corrected chi connectivity index (χ4v) is 14.1. The number of para-hydroxylation sites is 1. The van der Waals surface area contributed by atoms with Crippen LogP contribution in [-0.2, 0) is 89.6 Å². The lowest BCUT2D eigenvalue weighted by molar-refractivity contribution is -0.142. The van der Waals surface area contributed by atoms with E-state index in [9.17, 15) is 92.3 Å². The molecule has 14 unspecified atom stereocenters. The molecule has 15 amide bonds. The summed E-state index contributed by atoms with van der Waals surface area (Å²) in [5, 5.41) is 80.0. The zero-order chi connectivity index (χ0) is 97.3. The summed E-state index contributed by atoms with van der Waals surface area (Å²) in [4.78, 5) is 230. The van der Waals surface area contributed by atoms with E-state index in [-0.39, 0.29) is 131 Å². The highest BCUT2D eigenvalue weighted by Crippen LogP contribution is 2.22. The van der Waals surface area contributed by atoms with Crippen molar-refractivity contribution in [1.29, 1.82) is 0 Å². The minimum Gasteiger partial charge on any atom is -0.508 e. The van der Waals surface area contributed by atoms with Gasteiger partial charge in [0.15, 0.2) is 5.96 Å². The van der Waals surface area contributed by atoms with Crippen LogP contribution in [-0.4, -0.2) is 275 Å². The number of nitrogens with zero attached hydrogens (tertiary/aromatic N) is 1. The Balaban J connectivity index is 1.88. The van der Waals surface area contributed by atoms with E-state index < -0.39 is 205 Å². The molecule has 14 atom stereocenters. The molecule has 43 nitrogen and oxygen atoms in total. The molecule has 1 heterocycles. The van der Waals surface area contributed by atoms with E-state index in [1.54, 1.807) is 78.3 Å². The summed E-state index contributed by atoms with van der Waals surface area (Å²) < 4.78 is 0. The molecule has 44 heteroatoms. The number of thioether (sulfide) groups is 1.